The van der Waals surface area contributed by atoms with E-state index >= 15 is 0 Å². The molecule has 0 unspecified atom stereocenters. The molecule has 0 aliphatic heterocycles. The maximum Gasteiger partial charge on any atom is 0.261 e. The summed E-state index contributed by atoms with van der Waals surface area (Å²) >= 11 is 0. The molecule has 0 saturated heterocycles. The van der Waals surface area contributed by atoms with E-state index in [4.69, 9.17) is 0 Å². The van der Waals surface area contributed by atoms with Crippen molar-refractivity contribution in [1.29, 1.82) is 0 Å². The van der Waals surface area contributed by atoms with Gasteiger partial charge in [-0.3, -0.25) is 9.52 Å². The third-order valence-electron chi connectivity index (χ3n) is 5.30. The van der Waals surface area contributed by atoms with Gasteiger partial charge in [0, 0.05) is 11.8 Å². The van der Waals surface area contributed by atoms with Crippen LogP contribution in [-0.2, 0) is 14.8 Å². The summed E-state index contributed by atoms with van der Waals surface area (Å²) in [7, 11) is -3.74. The molecule has 0 aliphatic rings. The molecule has 0 atom stereocenters. The van der Waals surface area contributed by atoms with Gasteiger partial charge in [-0.15, -0.1) is 0 Å². The van der Waals surface area contributed by atoms with Crippen molar-refractivity contribution < 1.29 is 13.2 Å². The largest absolute Gasteiger partial charge is 0.323 e. The molecule has 0 aromatic heterocycles. The molecule has 5 nitrogen and oxygen atoms in total. The lowest BCUT2D eigenvalue weighted by Gasteiger charge is -2.11. The Bertz CT molecular complexity index is 1450. The Morgan fingerprint density at radius 3 is 2.33 bits per heavy atom. The zero-order chi connectivity index (χ0) is 23.4. The minimum atomic E-state index is -3.74. The van der Waals surface area contributed by atoms with Gasteiger partial charge in [-0.05, 0) is 72.2 Å². The second-order valence-electron chi connectivity index (χ2n) is 7.84. The van der Waals surface area contributed by atoms with Crippen LogP contribution in [0.3, 0.4) is 0 Å². The first-order valence-corrected chi connectivity index (χ1v) is 12.0. The number of hydrogen-bond donors (Lipinski definition) is 2. The molecule has 0 radical (unpaired) electrons. The Kier molecular flexibility index (Phi) is 6.29. The van der Waals surface area contributed by atoms with Gasteiger partial charge in [0.25, 0.3) is 10.0 Å². The highest BCUT2D eigenvalue weighted by molar-refractivity contribution is 7.92. The lowest BCUT2D eigenvalue weighted by Crippen LogP contribution is -2.14. The Balaban J connectivity index is 1.44. The van der Waals surface area contributed by atoms with Gasteiger partial charge in [0.2, 0.25) is 5.91 Å². The summed E-state index contributed by atoms with van der Waals surface area (Å²) in [6.07, 6.45) is 3.23. The molecule has 33 heavy (non-hydrogen) atoms. The summed E-state index contributed by atoms with van der Waals surface area (Å²) in [6.45, 7) is 3.81. The van der Waals surface area contributed by atoms with Crippen LogP contribution in [0.4, 0.5) is 11.4 Å². The third-order valence-corrected chi connectivity index (χ3v) is 6.68. The van der Waals surface area contributed by atoms with Crippen molar-refractivity contribution in [2.75, 3.05) is 10.0 Å². The number of fused-ring (bicyclic) bond motifs is 1. The first-order valence-electron chi connectivity index (χ1n) is 10.5. The summed E-state index contributed by atoms with van der Waals surface area (Å²) in [4.78, 5) is 12.5. The number of carbonyl (C=O) groups is 1. The molecule has 4 aromatic rings. The zero-order valence-corrected chi connectivity index (χ0v) is 19.2. The number of aryl methyl sites for hydroxylation is 2. The minimum absolute atomic E-state index is 0.117. The van der Waals surface area contributed by atoms with E-state index in [9.17, 15) is 13.2 Å². The van der Waals surface area contributed by atoms with Crippen LogP contribution in [-0.4, -0.2) is 14.3 Å². The molecule has 166 valence electrons. The van der Waals surface area contributed by atoms with Crippen LogP contribution in [0, 0.1) is 13.8 Å². The maximum absolute atomic E-state index is 12.7. The van der Waals surface area contributed by atoms with Crippen LogP contribution in [0.15, 0.2) is 95.9 Å². The number of sulfonamides is 1. The molecule has 0 heterocycles. The van der Waals surface area contributed by atoms with E-state index in [0.717, 1.165) is 27.5 Å². The summed E-state index contributed by atoms with van der Waals surface area (Å²) in [5.41, 5.74) is 3.90. The van der Waals surface area contributed by atoms with E-state index in [1.807, 2.05) is 68.4 Å². The SMILES string of the molecule is Cc1ccc(NS(=O)(=O)c2ccc(NC(=O)C=Cc3cccc4ccccc34)cc2)c(C)c1. The second kappa shape index (κ2) is 9.30. The minimum Gasteiger partial charge on any atom is -0.323 e. The van der Waals surface area contributed by atoms with Crippen molar-refractivity contribution in [3.05, 3.63) is 108 Å². The van der Waals surface area contributed by atoms with E-state index in [0.29, 0.717) is 11.4 Å². The van der Waals surface area contributed by atoms with Gasteiger partial charge in [0.05, 0.1) is 10.6 Å². The lowest BCUT2D eigenvalue weighted by molar-refractivity contribution is -0.111. The summed E-state index contributed by atoms with van der Waals surface area (Å²) < 4.78 is 28.1. The van der Waals surface area contributed by atoms with Crippen LogP contribution < -0.4 is 10.0 Å². The van der Waals surface area contributed by atoms with Crippen LogP contribution in [0.5, 0.6) is 0 Å². The zero-order valence-electron chi connectivity index (χ0n) is 18.4. The molecule has 2 N–H and O–H groups in total. The molecule has 6 heteroatoms. The number of anilines is 2. The highest BCUT2D eigenvalue weighted by atomic mass is 32.2. The summed E-state index contributed by atoms with van der Waals surface area (Å²) in [6, 6.07) is 25.5. The molecule has 0 aliphatic carbocycles. The van der Waals surface area contributed by atoms with Crippen LogP contribution >= 0.6 is 0 Å². The number of amides is 1. The topological polar surface area (TPSA) is 75.3 Å². The predicted molar refractivity (Wildman–Crippen MR) is 135 cm³/mol. The highest BCUT2D eigenvalue weighted by Crippen LogP contribution is 2.22. The van der Waals surface area contributed by atoms with Gasteiger partial charge in [-0.2, -0.15) is 0 Å². The van der Waals surface area contributed by atoms with Gasteiger partial charge in [-0.1, -0.05) is 60.2 Å². The van der Waals surface area contributed by atoms with E-state index < -0.39 is 10.0 Å². The van der Waals surface area contributed by atoms with Crippen molar-refractivity contribution in [2.45, 2.75) is 18.7 Å². The highest BCUT2D eigenvalue weighted by Gasteiger charge is 2.15. The molecule has 4 rings (SSSR count). The van der Waals surface area contributed by atoms with Gasteiger partial charge in [0.1, 0.15) is 0 Å². The fraction of sp³-hybridized carbons (Fsp3) is 0.0741. The lowest BCUT2D eigenvalue weighted by atomic mass is 10.0. The number of benzene rings is 4. The third kappa shape index (κ3) is 5.30. The number of carbonyl (C=O) groups excluding carboxylic acids is 1. The van der Waals surface area contributed by atoms with Gasteiger partial charge < -0.3 is 5.32 Å². The number of hydrogen-bond acceptors (Lipinski definition) is 3. The molecular weight excluding hydrogens is 432 g/mol. The Hall–Kier alpha value is -3.90. The van der Waals surface area contributed by atoms with Crippen molar-refractivity contribution >= 4 is 44.2 Å². The van der Waals surface area contributed by atoms with E-state index in [1.54, 1.807) is 24.3 Å². The van der Waals surface area contributed by atoms with Gasteiger partial charge in [0.15, 0.2) is 0 Å². The molecule has 0 spiro atoms. The molecule has 4 aromatic carbocycles. The van der Waals surface area contributed by atoms with Crippen molar-refractivity contribution in [3.63, 3.8) is 0 Å². The molecule has 0 bridgehead atoms. The monoisotopic (exact) mass is 456 g/mol. The molecular formula is C27H24N2O3S. The molecule has 1 amide bonds. The van der Waals surface area contributed by atoms with E-state index in [2.05, 4.69) is 10.0 Å². The average molecular weight is 457 g/mol. The van der Waals surface area contributed by atoms with Gasteiger partial charge in [-0.25, -0.2) is 8.42 Å². The first-order chi connectivity index (χ1) is 15.8. The Labute approximate surface area is 193 Å². The quantitative estimate of drug-likeness (QED) is 0.354. The second-order valence-corrected chi connectivity index (χ2v) is 9.52. The molecule has 0 saturated carbocycles. The normalized spacial score (nSPS) is 11.6. The number of rotatable bonds is 6. The average Bonchev–Trinajstić information content (AvgIpc) is 2.80. The predicted octanol–water partition coefficient (Wildman–Crippen LogP) is 5.91. The Morgan fingerprint density at radius 1 is 0.848 bits per heavy atom. The standard InChI is InChI=1S/C27H24N2O3S/c1-19-10-16-26(20(2)18-19)29-33(31,32)24-14-12-23(13-15-24)28-27(30)17-11-22-8-5-7-21-6-3-4-9-25(21)22/h3-18,29H,1-2H3,(H,28,30). The van der Waals surface area contributed by atoms with Crippen molar-refractivity contribution in [3.8, 4) is 0 Å². The maximum atomic E-state index is 12.7. The van der Waals surface area contributed by atoms with Crippen LogP contribution in [0.1, 0.15) is 16.7 Å². The Morgan fingerprint density at radius 2 is 1.58 bits per heavy atom. The molecule has 0 fully saturated rings. The van der Waals surface area contributed by atoms with E-state index in [-0.39, 0.29) is 10.8 Å². The fourth-order valence-corrected chi connectivity index (χ4v) is 4.73. The smallest absolute Gasteiger partial charge is 0.261 e. The van der Waals surface area contributed by atoms with Crippen molar-refractivity contribution in [2.24, 2.45) is 0 Å². The van der Waals surface area contributed by atoms with Crippen LogP contribution in [0.25, 0.3) is 16.8 Å². The summed E-state index contributed by atoms with van der Waals surface area (Å²) in [5.74, 6) is -0.299. The first kappa shape index (κ1) is 22.3. The number of nitrogens with one attached hydrogen (secondary N) is 2. The fourth-order valence-electron chi connectivity index (χ4n) is 3.59. The van der Waals surface area contributed by atoms with Crippen molar-refractivity contribution in [1.82, 2.24) is 0 Å². The van der Waals surface area contributed by atoms with Gasteiger partial charge >= 0.3 is 0 Å². The summed E-state index contributed by atoms with van der Waals surface area (Å²) in [5, 5.41) is 4.93. The van der Waals surface area contributed by atoms with E-state index in [1.165, 1.54) is 18.2 Å². The van der Waals surface area contributed by atoms with Crippen LogP contribution in [0.2, 0.25) is 0 Å².